The van der Waals surface area contributed by atoms with E-state index in [-0.39, 0.29) is 37.5 Å². The lowest BCUT2D eigenvalue weighted by atomic mass is 9.76. The largest absolute Gasteiger partial charge is 0.458 e. The molecule has 5 heterocycles. The lowest BCUT2D eigenvalue weighted by molar-refractivity contribution is -0.345. The molecule has 0 unspecified atom stereocenters. The summed E-state index contributed by atoms with van der Waals surface area (Å²) in [5.74, 6) is -9.84. The normalized spacial score (nSPS) is 46.1. The van der Waals surface area contributed by atoms with Crippen molar-refractivity contribution in [3.63, 3.8) is 0 Å². The highest BCUT2D eigenvalue weighted by Gasteiger charge is 2.54. The molecular formula is C54H88O18. The van der Waals surface area contributed by atoms with Crippen molar-refractivity contribution in [2.24, 2.45) is 47.3 Å². The van der Waals surface area contributed by atoms with Gasteiger partial charge >= 0.3 is 11.9 Å². The standard InChI is InChI=1S/C54H88O18/c1-13-37-33(9)71-53(63,25-41(37)67-45-23-39(55)49(61)35(11)65-45)31(7)47(59)29(5)51-27(3)19-15-17-22-44(58)70-52(28(4)20-16-18-21-43(57)69-51)30(6)48(60)32(8)54(64)26-42(38(14-2)34(10)72-54)68-46-24-40(56)50(62)36(12)66-46/h15-22,27-42,45-52,55-56,59-64H,13-14,23-26H2,1-12H3/b19-15-,20-16+,21-18-,22-17+/t27-,28-,29-,30-,31-,32-,33+,34+,35-,36-,37+,38+,39-,40-,41+,42+,45-,46-,47+,48+,49+,50+,51-,52-,53+,54+/m1/s1. The lowest BCUT2D eigenvalue weighted by Crippen LogP contribution is -2.59. The third kappa shape index (κ3) is 14.4. The van der Waals surface area contributed by atoms with Crippen molar-refractivity contribution < 1.29 is 88.3 Å². The highest BCUT2D eigenvalue weighted by molar-refractivity contribution is 5.83. The molecule has 412 valence electrons. The SMILES string of the molecule is CC[C@H]1[C@H](C)O[C@](O)([C@H](C)[C@@H](O)[C@@H](C)[C@@H]2OC(=O)/C=C\C=C\[C@@H](C)[C@H]([C@H](C)[C@H](O)[C@@H](C)[C@]3(O)C[C@H](O[C@@H]4C[C@@H](O)[C@@H](O)[C@@H](C)O4)[C@@H](CC)[C@H](C)O3)OC(=O)/C=C/C=C\[C@H]2C)C[C@@H]1O[C@@H]1C[C@@H](O)[C@@H](O)[C@@H](C)O1. The van der Waals surface area contributed by atoms with Gasteiger partial charge in [-0.3, -0.25) is 0 Å². The van der Waals surface area contributed by atoms with Gasteiger partial charge < -0.3 is 78.7 Å². The van der Waals surface area contributed by atoms with Crippen LogP contribution in [0.25, 0.3) is 0 Å². The van der Waals surface area contributed by atoms with E-state index < -0.39 is 157 Å². The Morgan fingerprint density at radius 3 is 1.25 bits per heavy atom. The first-order valence-electron chi connectivity index (χ1n) is 26.4. The van der Waals surface area contributed by atoms with E-state index in [0.717, 1.165) is 0 Å². The minimum absolute atomic E-state index is 0.0264. The molecule has 0 aliphatic carbocycles. The molecule has 0 saturated carbocycles. The van der Waals surface area contributed by atoms with Gasteiger partial charge in [0, 0.05) is 85.2 Å². The number of cyclic esters (lactones) is 2. The molecule has 72 heavy (non-hydrogen) atoms. The Kier molecular flexibility index (Phi) is 21.7. The topological polar surface area (TPSA) is 270 Å². The fourth-order valence-electron chi connectivity index (χ4n) is 11.6. The molecular weight excluding hydrogens is 937 g/mol. The number of ether oxygens (including phenoxy) is 8. The molecule has 5 aliphatic heterocycles. The Balaban J connectivity index is 1.28. The van der Waals surface area contributed by atoms with Crippen molar-refractivity contribution in [2.45, 2.75) is 231 Å². The van der Waals surface area contributed by atoms with E-state index in [1.54, 1.807) is 79.7 Å². The van der Waals surface area contributed by atoms with Gasteiger partial charge in [-0.05, 0) is 40.5 Å². The van der Waals surface area contributed by atoms with Crippen LogP contribution in [0.3, 0.4) is 0 Å². The van der Waals surface area contributed by atoms with E-state index >= 15 is 0 Å². The van der Waals surface area contributed by atoms with Gasteiger partial charge in [-0.2, -0.15) is 0 Å². The first-order chi connectivity index (χ1) is 33.7. The van der Waals surface area contributed by atoms with E-state index in [2.05, 4.69) is 0 Å². The van der Waals surface area contributed by atoms with Crippen LogP contribution >= 0.6 is 0 Å². The van der Waals surface area contributed by atoms with Crippen molar-refractivity contribution in [3.05, 3.63) is 48.6 Å². The number of aliphatic hydroxyl groups is 8. The van der Waals surface area contributed by atoms with E-state index in [1.165, 1.54) is 24.3 Å². The monoisotopic (exact) mass is 1020 g/mol. The average Bonchev–Trinajstić information content (AvgIpc) is 3.31. The second kappa shape index (κ2) is 25.9. The van der Waals surface area contributed by atoms with E-state index in [4.69, 9.17) is 37.9 Å². The van der Waals surface area contributed by atoms with Gasteiger partial charge in [0.15, 0.2) is 24.2 Å². The third-order valence-electron chi connectivity index (χ3n) is 16.5. The van der Waals surface area contributed by atoms with Crippen LogP contribution in [-0.2, 0) is 47.5 Å². The minimum atomic E-state index is -1.88. The first-order valence-corrected chi connectivity index (χ1v) is 26.4. The van der Waals surface area contributed by atoms with Gasteiger partial charge in [0.25, 0.3) is 0 Å². The van der Waals surface area contributed by atoms with Crippen LogP contribution in [0.2, 0.25) is 0 Å². The summed E-state index contributed by atoms with van der Waals surface area (Å²) in [6, 6.07) is 0. The Morgan fingerprint density at radius 2 is 0.931 bits per heavy atom. The van der Waals surface area contributed by atoms with Crippen LogP contribution in [0.4, 0.5) is 0 Å². The molecule has 5 aliphatic rings. The van der Waals surface area contributed by atoms with Gasteiger partial charge in [0.1, 0.15) is 24.4 Å². The number of carbonyl (C=O) groups excluding carboxylic acids is 2. The zero-order valence-corrected chi connectivity index (χ0v) is 44.4. The number of hydrogen-bond acceptors (Lipinski definition) is 18. The summed E-state index contributed by atoms with van der Waals surface area (Å²) in [7, 11) is 0. The molecule has 5 rings (SSSR count). The molecule has 0 radical (unpaired) electrons. The molecule has 8 N–H and O–H groups in total. The molecule has 18 nitrogen and oxygen atoms in total. The Morgan fingerprint density at radius 1 is 0.583 bits per heavy atom. The van der Waals surface area contributed by atoms with Crippen LogP contribution in [-0.4, -0.2) is 162 Å². The van der Waals surface area contributed by atoms with Crippen molar-refractivity contribution in [3.8, 4) is 0 Å². The van der Waals surface area contributed by atoms with Gasteiger partial charge in [-0.25, -0.2) is 9.59 Å². The summed E-state index contributed by atoms with van der Waals surface area (Å²) in [5.41, 5.74) is 0. The molecule has 4 fully saturated rings. The summed E-state index contributed by atoms with van der Waals surface area (Å²) < 4.78 is 49.1. The van der Waals surface area contributed by atoms with Crippen LogP contribution in [0.15, 0.2) is 48.6 Å². The van der Waals surface area contributed by atoms with Crippen LogP contribution in [0.1, 0.15) is 122 Å². The number of carbonyl (C=O) groups is 2. The average molecular weight is 1030 g/mol. The van der Waals surface area contributed by atoms with Crippen molar-refractivity contribution in [1.29, 1.82) is 0 Å². The summed E-state index contributed by atoms with van der Waals surface area (Å²) in [6.07, 6.45) is -0.317. The molecule has 0 spiro atoms. The molecule has 26 atom stereocenters. The van der Waals surface area contributed by atoms with Crippen LogP contribution in [0, 0.1) is 47.3 Å². The highest BCUT2D eigenvalue weighted by atomic mass is 16.7. The summed E-state index contributed by atoms with van der Waals surface area (Å²) in [4.78, 5) is 27.0. The second-order valence-corrected chi connectivity index (χ2v) is 21.7. The van der Waals surface area contributed by atoms with E-state index in [0.29, 0.717) is 12.8 Å². The fraction of sp³-hybridized carbons (Fsp3) is 0.815. The highest BCUT2D eigenvalue weighted by Crippen LogP contribution is 2.45. The zero-order chi connectivity index (χ0) is 53.6. The first kappa shape index (κ1) is 60.2. The lowest BCUT2D eigenvalue weighted by Gasteiger charge is -2.50. The second-order valence-electron chi connectivity index (χ2n) is 21.7. The number of hydrogen-bond donors (Lipinski definition) is 8. The number of allylic oxidation sites excluding steroid dienone is 4. The molecule has 0 amide bonds. The van der Waals surface area contributed by atoms with Gasteiger partial charge in [-0.1, -0.05) is 91.8 Å². The van der Waals surface area contributed by atoms with Crippen LogP contribution in [0.5, 0.6) is 0 Å². The van der Waals surface area contributed by atoms with Crippen molar-refractivity contribution in [1.82, 2.24) is 0 Å². The summed E-state index contributed by atoms with van der Waals surface area (Å²) in [6.45, 7) is 21.3. The van der Waals surface area contributed by atoms with E-state index in [9.17, 15) is 50.4 Å². The Bertz CT molecular complexity index is 1710. The summed E-state index contributed by atoms with van der Waals surface area (Å²) >= 11 is 0. The molecule has 0 aromatic heterocycles. The van der Waals surface area contributed by atoms with Gasteiger partial charge in [-0.15, -0.1) is 0 Å². The zero-order valence-electron chi connectivity index (χ0n) is 44.4. The minimum Gasteiger partial charge on any atom is -0.458 e. The predicted octanol–water partition coefficient (Wildman–Crippen LogP) is 4.12. The van der Waals surface area contributed by atoms with Crippen LogP contribution < -0.4 is 0 Å². The number of esters is 2. The number of aliphatic hydroxyl groups excluding tert-OH is 6. The maximum Gasteiger partial charge on any atom is 0.331 e. The van der Waals surface area contributed by atoms with Gasteiger partial charge in [0.2, 0.25) is 0 Å². The van der Waals surface area contributed by atoms with E-state index in [1.807, 2.05) is 27.7 Å². The molecule has 0 aromatic carbocycles. The van der Waals surface area contributed by atoms with Gasteiger partial charge in [0.05, 0.1) is 61.0 Å². The predicted molar refractivity (Wildman–Crippen MR) is 263 cm³/mol. The molecule has 0 bridgehead atoms. The molecule has 4 saturated heterocycles. The smallest absolute Gasteiger partial charge is 0.331 e. The third-order valence-corrected chi connectivity index (χ3v) is 16.5. The fourth-order valence-corrected chi connectivity index (χ4v) is 11.6. The maximum atomic E-state index is 13.5. The number of rotatable bonds is 14. The quantitative estimate of drug-likeness (QED) is 0.114. The van der Waals surface area contributed by atoms with Crippen molar-refractivity contribution >= 4 is 11.9 Å². The maximum absolute atomic E-state index is 13.5. The van der Waals surface area contributed by atoms with Crippen molar-refractivity contribution in [2.75, 3.05) is 0 Å². The molecule has 18 heteroatoms. The molecule has 0 aromatic rings. The Labute approximate surface area is 426 Å². The Hall–Kier alpha value is -2.66. The summed E-state index contributed by atoms with van der Waals surface area (Å²) in [5, 5.41) is 89.6.